The minimum Gasteiger partial charge on any atom is -0.473 e. The van der Waals surface area contributed by atoms with Crippen molar-refractivity contribution in [1.82, 2.24) is 0 Å². The van der Waals surface area contributed by atoms with Crippen LogP contribution in [0.15, 0.2) is 29.1 Å². The molecule has 0 bridgehead atoms. The average Bonchev–Trinajstić information content (AvgIpc) is 2.35. The SMILES string of the molecule is CS(C)=O.CS(C)=O.c1ccoc1. The first-order valence-electron chi connectivity index (χ1n) is 3.44. The molecule has 1 aromatic heterocycles. The summed E-state index contributed by atoms with van der Waals surface area (Å²) in [6.07, 6.45) is 9.81. The van der Waals surface area contributed by atoms with Gasteiger partial charge in [-0.25, -0.2) is 0 Å². The molecule has 0 aliphatic carbocycles. The van der Waals surface area contributed by atoms with Crippen LogP contribution in [-0.2, 0) is 21.6 Å². The van der Waals surface area contributed by atoms with E-state index in [4.69, 9.17) is 0 Å². The lowest BCUT2D eigenvalue weighted by Crippen LogP contribution is -1.70. The second-order valence-corrected chi connectivity index (χ2v) is 5.24. The van der Waals surface area contributed by atoms with E-state index < -0.39 is 21.6 Å². The summed E-state index contributed by atoms with van der Waals surface area (Å²) in [6.45, 7) is 0. The Hall–Kier alpha value is -0.420. The first kappa shape index (κ1) is 15.1. The van der Waals surface area contributed by atoms with E-state index >= 15 is 0 Å². The van der Waals surface area contributed by atoms with Crippen LogP contribution in [0.5, 0.6) is 0 Å². The smallest absolute Gasteiger partial charge is 0.0902 e. The van der Waals surface area contributed by atoms with Crippen LogP contribution in [0, 0.1) is 0 Å². The van der Waals surface area contributed by atoms with Gasteiger partial charge in [0.2, 0.25) is 0 Å². The maximum Gasteiger partial charge on any atom is 0.0902 e. The predicted molar refractivity (Wildman–Crippen MR) is 58.7 cm³/mol. The van der Waals surface area contributed by atoms with E-state index in [-0.39, 0.29) is 0 Å². The van der Waals surface area contributed by atoms with Crippen LogP contribution in [0.3, 0.4) is 0 Å². The van der Waals surface area contributed by atoms with Gasteiger partial charge in [0.05, 0.1) is 12.5 Å². The molecule has 13 heavy (non-hydrogen) atoms. The van der Waals surface area contributed by atoms with E-state index in [9.17, 15) is 8.42 Å². The van der Waals surface area contributed by atoms with Crippen molar-refractivity contribution in [2.24, 2.45) is 0 Å². The molecular formula is C8H16O3S2. The molecule has 1 rings (SSSR count). The van der Waals surface area contributed by atoms with Gasteiger partial charge in [-0.2, -0.15) is 0 Å². The van der Waals surface area contributed by atoms with Crippen LogP contribution in [0.2, 0.25) is 0 Å². The van der Waals surface area contributed by atoms with E-state index in [1.807, 2.05) is 12.1 Å². The topological polar surface area (TPSA) is 47.3 Å². The van der Waals surface area contributed by atoms with E-state index in [1.165, 1.54) is 0 Å². The zero-order chi connectivity index (χ0) is 10.7. The van der Waals surface area contributed by atoms with E-state index in [2.05, 4.69) is 4.42 Å². The molecule has 0 unspecified atom stereocenters. The molecule has 0 aromatic carbocycles. The highest BCUT2D eigenvalue weighted by Gasteiger charge is 1.59. The van der Waals surface area contributed by atoms with Crippen LogP contribution in [-0.4, -0.2) is 33.4 Å². The lowest BCUT2D eigenvalue weighted by molar-refractivity contribution is 0.567. The Morgan fingerprint density at radius 3 is 1.15 bits per heavy atom. The van der Waals surface area contributed by atoms with Gasteiger partial charge in [-0.05, 0) is 12.1 Å². The summed E-state index contributed by atoms with van der Waals surface area (Å²) in [5, 5.41) is 0. The van der Waals surface area contributed by atoms with Crippen LogP contribution < -0.4 is 0 Å². The summed E-state index contributed by atoms with van der Waals surface area (Å²) in [5.41, 5.74) is 0. The number of furan rings is 1. The number of hydrogen-bond donors (Lipinski definition) is 0. The van der Waals surface area contributed by atoms with Crippen LogP contribution in [0.25, 0.3) is 0 Å². The third-order valence-corrected chi connectivity index (χ3v) is 0.425. The minimum absolute atomic E-state index is 0.611. The molecule has 0 atom stereocenters. The molecule has 3 nitrogen and oxygen atoms in total. The molecule has 0 amide bonds. The third-order valence-electron chi connectivity index (χ3n) is 0.425. The highest BCUT2D eigenvalue weighted by Crippen LogP contribution is 1.79. The normalized spacial score (nSPS) is 8.46. The molecule has 5 heteroatoms. The lowest BCUT2D eigenvalue weighted by atomic mass is 10.7. The van der Waals surface area contributed by atoms with E-state index in [1.54, 1.807) is 37.5 Å². The summed E-state index contributed by atoms with van der Waals surface area (Å²) < 4.78 is 23.7. The number of rotatable bonds is 0. The molecule has 0 aliphatic rings. The Labute approximate surface area is 84.4 Å². The zero-order valence-corrected chi connectivity index (χ0v) is 9.98. The van der Waals surface area contributed by atoms with Crippen molar-refractivity contribution in [1.29, 1.82) is 0 Å². The fourth-order valence-corrected chi connectivity index (χ4v) is 0.227. The summed E-state index contributed by atoms with van der Waals surface area (Å²) in [5.74, 6) is 0. The third kappa shape index (κ3) is 50.7. The highest BCUT2D eigenvalue weighted by molar-refractivity contribution is 7.83. The summed E-state index contributed by atoms with van der Waals surface area (Å²) in [6, 6.07) is 3.67. The van der Waals surface area contributed by atoms with Gasteiger partial charge in [0, 0.05) is 46.6 Å². The standard InChI is InChI=1S/C4H4O.2C2H6OS/c1-2-4-5-3-1;2*1-4(2)3/h1-4H;2*1-2H3. The van der Waals surface area contributed by atoms with Gasteiger partial charge >= 0.3 is 0 Å². The average molecular weight is 224 g/mol. The molecule has 0 spiro atoms. The van der Waals surface area contributed by atoms with E-state index in [0.717, 1.165) is 0 Å². The molecule has 0 fully saturated rings. The number of hydrogen-bond acceptors (Lipinski definition) is 3. The van der Waals surface area contributed by atoms with Crippen molar-refractivity contribution in [2.45, 2.75) is 0 Å². The van der Waals surface area contributed by atoms with Crippen molar-refractivity contribution in [2.75, 3.05) is 25.0 Å². The van der Waals surface area contributed by atoms with Gasteiger partial charge in [-0.3, -0.25) is 8.42 Å². The van der Waals surface area contributed by atoms with E-state index in [0.29, 0.717) is 0 Å². The Morgan fingerprint density at radius 2 is 1.08 bits per heavy atom. The van der Waals surface area contributed by atoms with Crippen molar-refractivity contribution >= 4 is 21.6 Å². The fourth-order valence-electron chi connectivity index (χ4n) is 0.227. The molecular weight excluding hydrogens is 208 g/mol. The van der Waals surface area contributed by atoms with Gasteiger partial charge in [0.25, 0.3) is 0 Å². The second-order valence-electron chi connectivity index (χ2n) is 2.28. The Bertz CT molecular complexity index is 182. The van der Waals surface area contributed by atoms with Crippen molar-refractivity contribution in [3.63, 3.8) is 0 Å². The zero-order valence-electron chi connectivity index (χ0n) is 8.35. The molecule has 0 N–H and O–H groups in total. The van der Waals surface area contributed by atoms with Gasteiger partial charge in [-0.15, -0.1) is 0 Å². The molecule has 0 radical (unpaired) electrons. The first-order chi connectivity index (χ1) is 5.96. The minimum atomic E-state index is -0.611. The van der Waals surface area contributed by atoms with Crippen molar-refractivity contribution in [3.8, 4) is 0 Å². The molecule has 1 aromatic rings. The second kappa shape index (κ2) is 11.6. The molecule has 0 saturated carbocycles. The molecule has 1 heterocycles. The molecule has 0 saturated heterocycles. The van der Waals surface area contributed by atoms with Gasteiger partial charge in [0.1, 0.15) is 0 Å². The summed E-state index contributed by atoms with van der Waals surface area (Å²) in [7, 11) is -1.22. The summed E-state index contributed by atoms with van der Waals surface area (Å²) in [4.78, 5) is 0. The van der Waals surface area contributed by atoms with Crippen molar-refractivity contribution in [3.05, 3.63) is 24.7 Å². The Kier molecular flexibility index (Phi) is 13.4. The van der Waals surface area contributed by atoms with Gasteiger partial charge in [0.15, 0.2) is 0 Å². The maximum absolute atomic E-state index is 9.56. The Morgan fingerprint density at radius 1 is 0.846 bits per heavy atom. The highest BCUT2D eigenvalue weighted by atomic mass is 32.2. The van der Waals surface area contributed by atoms with Gasteiger partial charge in [-0.1, -0.05) is 0 Å². The van der Waals surface area contributed by atoms with Crippen LogP contribution >= 0.6 is 0 Å². The lowest BCUT2D eigenvalue weighted by Gasteiger charge is -1.60. The maximum atomic E-state index is 9.56. The van der Waals surface area contributed by atoms with Gasteiger partial charge < -0.3 is 4.42 Å². The molecule has 0 aliphatic heterocycles. The fraction of sp³-hybridized carbons (Fsp3) is 0.500. The summed E-state index contributed by atoms with van der Waals surface area (Å²) >= 11 is 0. The Balaban J connectivity index is 0. The van der Waals surface area contributed by atoms with Crippen LogP contribution in [0.4, 0.5) is 0 Å². The molecule has 78 valence electrons. The quantitative estimate of drug-likeness (QED) is 0.666. The van der Waals surface area contributed by atoms with Crippen molar-refractivity contribution < 1.29 is 12.8 Å². The monoisotopic (exact) mass is 224 g/mol. The first-order valence-corrected chi connectivity index (χ1v) is 7.37. The predicted octanol–water partition coefficient (Wildman–Crippen LogP) is 1.27. The van der Waals surface area contributed by atoms with Crippen LogP contribution in [0.1, 0.15) is 0 Å². The largest absolute Gasteiger partial charge is 0.473 e.